The Balaban J connectivity index is 2.03. The molecule has 0 bridgehead atoms. The first-order chi connectivity index (χ1) is 9.19. The lowest BCUT2D eigenvalue weighted by Crippen LogP contribution is -2.03. The van der Waals surface area contributed by atoms with Crippen molar-refractivity contribution >= 4 is 33.3 Å². The van der Waals surface area contributed by atoms with Crippen molar-refractivity contribution in [3.63, 3.8) is 0 Å². The number of hydrogen-bond acceptors (Lipinski definition) is 3. The zero-order valence-electron chi connectivity index (χ0n) is 10.5. The number of hydrogen-bond donors (Lipinski definition) is 1. The first-order valence-corrected chi connectivity index (χ1v) is 7.14. The summed E-state index contributed by atoms with van der Waals surface area (Å²) < 4.78 is 6.55. The van der Waals surface area contributed by atoms with Crippen molar-refractivity contribution in [2.45, 2.75) is 13.5 Å². The predicted molar refractivity (Wildman–Crippen MR) is 81.9 cm³/mol. The highest BCUT2D eigenvalue weighted by Crippen LogP contribution is 2.28. The molecule has 0 saturated carbocycles. The lowest BCUT2D eigenvalue weighted by atomic mass is 10.3. The van der Waals surface area contributed by atoms with Crippen molar-refractivity contribution in [2.24, 2.45) is 0 Å². The second kappa shape index (κ2) is 6.78. The third-order valence-electron chi connectivity index (χ3n) is 2.43. The van der Waals surface area contributed by atoms with E-state index in [2.05, 4.69) is 26.2 Å². The Hall–Kier alpha value is -1.26. The molecule has 5 heteroatoms. The SMILES string of the molecule is CCNc1cccc(COc2ccc(Cl)cc2Br)n1. The number of benzene rings is 1. The minimum Gasteiger partial charge on any atom is -0.486 e. The summed E-state index contributed by atoms with van der Waals surface area (Å²) in [6.45, 7) is 3.30. The van der Waals surface area contributed by atoms with Crippen molar-refractivity contribution in [1.29, 1.82) is 0 Å². The molecule has 0 fully saturated rings. The van der Waals surface area contributed by atoms with Gasteiger partial charge in [-0.1, -0.05) is 17.7 Å². The topological polar surface area (TPSA) is 34.1 Å². The van der Waals surface area contributed by atoms with Gasteiger partial charge in [-0.25, -0.2) is 4.98 Å². The van der Waals surface area contributed by atoms with E-state index in [1.54, 1.807) is 12.1 Å². The van der Waals surface area contributed by atoms with Gasteiger partial charge in [0.2, 0.25) is 0 Å². The van der Waals surface area contributed by atoms with E-state index in [1.165, 1.54) is 0 Å². The summed E-state index contributed by atoms with van der Waals surface area (Å²) in [6, 6.07) is 11.3. The second-order valence-corrected chi connectivity index (χ2v) is 5.20. The van der Waals surface area contributed by atoms with Gasteiger partial charge < -0.3 is 10.1 Å². The molecule has 3 nitrogen and oxygen atoms in total. The lowest BCUT2D eigenvalue weighted by molar-refractivity contribution is 0.299. The van der Waals surface area contributed by atoms with E-state index in [0.717, 1.165) is 28.3 Å². The summed E-state index contributed by atoms with van der Waals surface area (Å²) in [4.78, 5) is 4.45. The summed E-state index contributed by atoms with van der Waals surface area (Å²) >= 11 is 9.30. The van der Waals surface area contributed by atoms with Crippen LogP contribution >= 0.6 is 27.5 Å². The molecule has 0 saturated heterocycles. The quantitative estimate of drug-likeness (QED) is 0.869. The van der Waals surface area contributed by atoms with Gasteiger partial charge in [-0.2, -0.15) is 0 Å². The molecule has 2 aromatic rings. The fraction of sp³-hybridized carbons (Fsp3) is 0.214. The van der Waals surface area contributed by atoms with Gasteiger partial charge in [0.25, 0.3) is 0 Å². The van der Waals surface area contributed by atoms with E-state index in [-0.39, 0.29) is 0 Å². The molecular formula is C14H14BrClN2O. The minimum atomic E-state index is 0.416. The van der Waals surface area contributed by atoms with Crippen molar-refractivity contribution in [3.05, 3.63) is 51.6 Å². The standard InChI is InChI=1S/C14H14BrClN2O/c1-2-17-14-5-3-4-11(18-14)9-19-13-7-6-10(16)8-12(13)15/h3-8H,2,9H2,1H3,(H,17,18). The number of rotatable bonds is 5. The Labute approximate surface area is 126 Å². The van der Waals surface area contributed by atoms with Crippen LogP contribution in [0.3, 0.4) is 0 Å². The maximum atomic E-state index is 5.88. The Morgan fingerprint density at radius 3 is 2.89 bits per heavy atom. The zero-order chi connectivity index (χ0) is 13.7. The average molecular weight is 342 g/mol. The number of anilines is 1. The molecule has 19 heavy (non-hydrogen) atoms. The number of pyridine rings is 1. The highest BCUT2D eigenvalue weighted by molar-refractivity contribution is 9.10. The predicted octanol–water partition coefficient (Wildman–Crippen LogP) is 4.51. The molecule has 1 heterocycles. The number of nitrogens with zero attached hydrogens (tertiary/aromatic N) is 1. The van der Waals surface area contributed by atoms with E-state index >= 15 is 0 Å². The normalized spacial score (nSPS) is 10.3. The maximum absolute atomic E-state index is 5.88. The number of nitrogens with one attached hydrogen (secondary N) is 1. The molecular weight excluding hydrogens is 328 g/mol. The van der Waals surface area contributed by atoms with Crippen LogP contribution in [0.5, 0.6) is 5.75 Å². The summed E-state index contributed by atoms with van der Waals surface area (Å²) in [5, 5.41) is 3.84. The Morgan fingerprint density at radius 1 is 1.32 bits per heavy atom. The van der Waals surface area contributed by atoms with E-state index < -0.39 is 0 Å². The van der Waals surface area contributed by atoms with Crippen molar-refractivity contribution < 1.29 is 4.74 Å². The van der Waals surface area contributed by atoms with Crippen molar-refractivity contribution in [1.82, 2.24) is 4.98 Å². The molecule has 0 aliphatic carbocycles. The lowest BCUT2D eigenvalue weighted by Gasteiger charge is -2.09. The van der Waals surface area contributed by atoms with Crippen LogP contribution < -0.4 is 10.1 Å². The molecule has 1 N–H and O–H groups in total. The van der Waals surface area contributed by atoms with E-state index in [9.17, 15) is 0 Å². The van der Waals surface area contributed by atoms with Crippen LogP contribution in [0, 0.1) is 0 Å². The van der Waals surface area contributed by atoms with Gasteiger partial charge in [0.15, 0.2) is 0 Å². The first-order valence-electron chi connectivity index (χ1n) is 5.96. The third kappa shape index (κ3) is 4.11. The van der Waals surface area contributed by atoms with Gasteiger partial charge in [-0.05, 0) is 53.2 Å². The van der Waals surface area contributed by atoms with Crippen LogP contribution in [0.4, 0.5) is 5.82 Å². The molecule has 2 rings (SSSR count). The van der Waals surface area contributed by atoms with Crippen LogP contribution in [0.1, 0.15) is 12.6 Å². The summed E-state index contributed by atoms with van der Waals surface area (Å²) in [5.74, 6) is 1.61. The van der Waals surface area contributed by atoms with Crippen LogP contribution in [-0.4, -0.2) is 11.5 Å². The van der Waals surface area contributed by atoms with Gasteiger partial charge in [0.1, 0.15) is 18.2 Å². The van der Waals surface area contributed by atoms with Crippen molar-refractivity contribution in [3.8, 4) is 5.75 Å². The fourth-order valence-corrected chi connectivity index (χ4v) is 2.38. The van der Waals surface area contributed by atoms with Crippen LogP contribution in [0.25, 0.3) is 0 Å². The monoisotopic (exact) mass is 340 g/mol. The average Bonchev–Trinajstić information content (AvgIpc) is 2.38. The fourth-order valence-electron chi connectivity index (χ4n) is 1.58. The largest absolute Gasteiger partial charge is 0.486 e. The molecule has 100 valence electrons. The van der Waals surface area contributed by atoms with Gasteiger partial charge in [-0.3, -0.25) is 0 Å². The van der Waals surface area contributed by atoms with E-state index in [1.807, 2.05) is 31.2 Å². The van der Waals surface area contributed by atoms with Crippen LogP contribution in [0.2, 0.25) is 5.02 Å². The van der Waals surface area contributed by atoms with Gasteiger partial charge >= 0.3 is 0 Å². The summed E-state index contributed by atoms with van der Waals surface area (Å²) in [5.41, 5.74) is 0.875. The van der Waals surface area contributed by atoms with Crippen molar-refractivity contribution in [2.75, 3.05) is 11.9 Å². The van der Waals surface area contributed by atoms with E-state index in [0.29, 0.717) is 11.6 Å². The van der Waals surface area contributed by atoms with Crippen LogP contribution in [-0.2, 0) is 6.61 Å². The Kier molecular flexibility index (Phi) is 5.05. The maximum Gasteiger partial charge on any atom is 0.134 e. The molecule has 1 aromatic heterocycles. The van der Waals surface area contributed by atoms with Gasteiger partial charge in [-0.15, -0.1) is 0 Å². The van der Waals surface area contributed by atoms with Gasteiger partial charge in [0.05, 0.1) is 10.2 Å². The van der Waals surface area contributed by atoms with Gasteiger partial charge in [0, 0.05) is 11.6 Å². The molecule has 0 aliphatic heterocycles. The van der Waals surface area contributed by atoms with Crippen LogP contribution in [0.15, 0.2) is 40.9 Å². The molecule has 1 aromatic carbocycles. The third-order valence-corrected chi connectivity index (χ3v) is 3.29. The highest BCUT2D eigenvalue weighted by atomic mass is 79.9. The zero-order valence-corrected chi connectivity index (χ0v) is 12.8. The minimum absolute atomic E-state index is 0.416. The Bertz CT molecular complexity index is 563. The smallest absolute Gasteiger partial charge is 0.134 e. The van der Waals surface area contributed by atoms with E-state index in [4.69, 9.17) is 16.3 Å². The molecule has 0 unspecified atom stereocenters. The molecule has 0 aliphatic rings. The summed E-state index contributed by atoms with van der Waals surface area (Å²) in [6.07, 6.45) is 0. The molecule has 0 atom stereocenters. The molecule has 0 amide bonds. The molecule has 0 spiro atoms. The number of halogens is 2. The second-order valence-electron chi connectivity index (χ2n) is 3.91. The Morgan fingerprint density at radius 2 is 2.16 bits per heavy atom. The highest BCUT2D eigenvalue weighted by Gasteiger charge is 2.03. The molecule has 0 radical (unpaired) electrons. The number of ether oxygens (including phenoxy) is 1. The summed E-state index contributed by atoms with van der Waals surface area (Å²) in [7, 11) is 0. The first kappa shape index (κ1) is 14.2. The number of aromatic nitrogens is 1.